The lowest BCUT2D eigenvalue weighted by atomic mass is 10.1. The molecule has 1 heterocycles. The Kier molecular flexibility index (Phi) is 6.86. The Hall–Kier alpha value is -1.48. The van der Waals surface area contributed by atoms with Crippen molar-refractivity contribution >= 4 is 15.9 Å². The monoisotopic (exact) mass is 394 g/mol. The lowest BCUT2D eigenvalue weighted by Crippen LogP contribution is -2.51. The van der Waals surface area contributed by atoms with Crippen LogP contribution in [0.1, 0.15) is 31.2 Å². The number of sulfonamides is 1. The van der Waals surface area contributed by atoms with E-state index in [0.29, 0.717) is 19.5 Å². The summed E-state index contributed by atoms with van der Waals surface area (Å²) in [5, 5.41) is 8.04. The maximum absolute atomic E-state index is 12.2. The number of piperazine rings is 1. The number of nitrogens with zero attached hydrogens (tertiary/aromatic N) is 2. The van der Waals surface area contributed by atoms with E-state index < -0.39 is 10.0 Å². The summed E-state index contributed by atoms with van der Waals surface area (Å²) in [7, 11) is -3.66. The van der Waals surface area contributed by atoms with Crippen LogP contribution in [-0.2, 0) is 21.2 Å². The van der Waals surface area contributed by atoms with Gasteiger partial charge in [-0.05, 0) is 37.0 Å². The molecule has 0 bridgehead atoms. The summed E-state index contributed by atoms with van der Waals surface area (Å²) in [6.07, 6.45) is 6.04. The van der Waals surface area contributed by atoms with Crippen molar-refractivity contribution in [3.63, 3.8) is 0 Å². The van der Waals surface area contributed by atoms with Crippen molar-refractivity contribution in [3.05, 3.63) is 29.8 Å². The Labute approximate surface area is 161 Å². The lowest BCUT2D eigenvalue weighted by Gasteiger charge is -2.37. The molecule has 1 aromatic rings. The third-order valence-corrected chi connectivity index (χ3v) is 6.53. The fourth-order valence-electron chi connectivity index (χ4n) is 4.01. The van der Waals surface area contributed by atoms with Crippen LogP contribution in [0.25, 0.3) is 0 Å². The van der Waals surface area contributed by atoms with Crippen LogP contribution in [0.5, 0.6) is 0 Å². The number of nitrogens with one attached hydrogen (secondary N) is 1. The first-order valence-corrected chi connectivity index (χ1v) is 11.3. The normalized spacial score (nSPS) is 20.0. The van der Waals surface area contributed by atoms with Gasteiger partial charge in [-0.1, -0.05) is 25.0 Å². The molecule has 0 radical (unpaired) electrons. The van der Waals surface area contributed by atoms with Crippen LogP contribution in [0.15, 0.2) is 29.2 Å². The number of primary sulfonamides is 1. The van der Waals surface area contributed by atoms with Gasteiger partial charge < -0.3 is 5.32 Å². The first-order chi connectivity index (χ1) is 12.9. The summed E-state index contributed by atoms with van der Waals surface area (Å²) in [4.78, 5) is 17.1. The molecule has 3 rings (SSSR count). The maximum atomic E-state index is 12.2. The fourth-order valence-corrected chi connectivity index (χ4v) is 4.52. The summed E-state index contributed by atoms with van der Waals surface area (Å²) >= 11 is 0. The quantitative estimate of drug-likeness (QED) is 0.704. The molecule has 1 aromatic carbocycles. The van der Waals surface area contributed by atoms with Gasteiger partial charge >= 0.3 is 0 Å². The number of hydrogen-bond donors (Lipinski definition) is 2. The smallest absolute Gasteiger partial charge is 0.238 e. The van der Waals surface area contributed by atoms with Gasteiger partial charge in [0.05, 0.1) is 11.4 Å². The van der Waals surface area contributed by atoms with Crippen molar-refractivity contribution in [2.45, 2.75) is 43.0 Å². The Morgan fingerprint density at radius 2 is 1.70 bits per heavy atom. The second kappa shape index (κ2) is 9.14. The van der Waals surface area contributed by atoms with Gasteiger partial charge in [-0.15, -0.1) is 0 Å². The highest BCUT2D eigenvalue weighted by molar-refractivity contribution is 7.89. The first-order valence-electron chi connectivity index (χ1n) is 9.77. The van der Waals surface area contributed by atoms with Crippen LogP contribution < -0.4 is 10.5 Å². The number of nitrogens with two attached hydrogens (primary N) is 1. The SMILES string of the molecule is NS(=O)(=O)c1ccc(CCNC(=O)CN2CCN(C3CCCC3)CC2)cc1. The predicted octanol–water partition coefficient (Wildman–Crippen LogP) is 0.553. The second-order valence-corrected chi connectivity index (χ2v) is 9.10. The minimum Gasteiger partial charge on any atom is -0.355 e. The van der Waals surface area contributed by atoms with Crippen molar-refractivity contribution in [1.29, 1.82) is 0 Å². The van der Waals surface area contributed by atoms with Crippen LogP contribution in [0.2, 0.25) is 0 Å². The highest BCUT2D eigenvalue weighted by atomic mass is 32.2. The third-order valence-electron chi connectivity index (χ3n) is 5.60. The predicted molar refractivity (Wildman–Crippen MR) is 105 cm³/mol. The molecule has 2 fully saturated rings. The van der Waals surface area contributed by atoms with Gasteiger partial charge in [-0.25, -0.2) is 13.6 Å². The molecule has 0 spiro atoms. The Morgan fingerprint density at radius 3 is 2.30 bits per heavy atom. The fraction of sp³-hybridized carbons (Fsp3) is 0.632. The Balaban J connectivity index is 1.34. The first kappa shape index (κ1) is 20.3. The largest absolute Gasteiger partial charge is 0.355 e. The van der Waals surface area contributed by atoms with Gasteiger partial charge in [0, 0.05) is 38.8 Å². The van der Waals surface area contributed by atoms with Crippen LogP contribution in [0.4, 0.5) is 0 Å². The van der Waals surface area contributed by atoms with Crippen LogP contribution in [-0.4, -0.2) is 69.4 Å². The van der Waals surface area contributed by atoms with E-state index in [0.717, 1.165) is 37.8 Å². The average molecular weight is 395 g/mol. The minimum atomic E-state index is -3.66. The van der Waals surface area contributed by atoms with E-state index in [2.05, 4.69) is 15.1 Å². The van der Waals surface area contributed by atoms with Crippen LogP contribution in [0.3, 0.4) is 0 Å². The van der Waals surface area contributed by atoms with Gasteiger partial charge in [0.2, 0.25) is 15.9 Å². The van der Waals surface area contributed by atoms with Gasteiger partial charge in [-0.3, -0.25) is 14.6 Å². The molecule has 0 aromatic heterocycles. The molecular formula is C19H30N4O3S. The standard InChI is InChI=1S/C19H30N4O3S/c20-27(25,26)18-7-5-16(6-8-18)9-10-21-19(24)15-22-11-13-23(14-12-22)17-3-1-2-4-17/h5-8,17H,1-4,9-15H2,(H,21,24)(H2,20,25,26). The van der Waals surface area contributed by atoms with Gasteiger partial charge in [0.15, 0.2) is 0 Å². The van der Waals surface area contributed by atoms with Gasteiger partial charge in [0.25, 0.3) is 0 Å². The zero-order valence-electron chi connectivity index (χ0n) is 15.8. The number of benzene rings is 1. The second-order valence-electron chi connectivity index (χ2n) is 7.54. The maximum Gasteiger partial charge on any atom is 0.238 e. The molecule has 0 unspecified atom stereocenters. The van der Waals surface area contributed by atoms with E-state index in [4.69, 9.17) is 5.14 Å². The molecule has 2 aliphatic rings. The minimum absolute atomic E-state index is 0.0467. The summed E-state index contributed by atoms with van der Waals surface area (Å²) in [6, 6.07) is 7.22. The van der Waals surface area contributed by atoms with Gasteiger partial charge in [-0.2, -0.15) is 0 Å². The number of carbonyl (C=O) groups excluding carboxylic acids is 1. The van der Waals surface area contributed by atoms with E-state index in [9.17, 15) is 13.2 Å². The van der Waals surface area contributed by atoms with Gasteiger partial charge in [0.1, 0.15) is 0 Å². The zero-order valence-corrected chi connectivity index (χ0v) is 16.6. The molecular weight excluding hydrogens is 364 g/mol. The Bertz CT molecular complexity index is 722. The van der Waals surface area contributed by atoms with E-state index in [1.54, 1.807) is 12.1 Å². The molecule has 1 saturated carbocycles. The van der Waals surface area contributed by atoms with E-state index >= 15 is 0 Å². The summed E-state index contributed by atoms with van der Waals surface area (Å²) < 4.78 is 22.5. The molecule has 27 heavy (non-hydrogen) atoms. The van der Waals surface area contributed by atoms with Crippen molar-refractivity contribution < 1.29 is 13.2 Å². The van der Waals surface area contributed by atoms with Crippen molar-refractivity contribution in [2.24, 2.45) is 5.14 Å². The molecule has 0 atom stereocenters. The van der Waals surface area contributed by atoms with Crippen molar-refractivity contribution in [1.82, 2.24) is 15.1 Å². The number of rotatable bonds is 7. The lowest BCUT2D eigenvalue weighted by molar-refractivity contribution is -0.122. The molecule has 7 nitrogen and oxygen atoms in total. The van der Waals surface area contributed by atoms with E-state index in [1.807, 2.05) is 0 Å². The number of amides is 1. The molecule has 8 heteroatoms. The van der Waals surface area contributed by atoms with Crippen molar-refractivity contribution in [3.8, 4) is 0 Å². The molecule has 1 saturated heterocycles. The van der Waals surface area contributed by atoms with E-state index in [-0.39, 0.29) is 10.8 Å². The molecule has 1 amide bonds. The topological polar surface area (TPSA) is 95.7 Å². The summed E-state index contributed by atoms with van der Waals surface area (Å²) in [5.74, 6) is 0.0467. The molecule has 1 aliphatic heterocycles. The molecule has 3 N–H and O–H groups in total. The third kappa shape index (κ3) is 6.00. The van der Waals surface area contributed by atoms with Crippen LogP contribution in [0, 0.1) is 0 Å². The number of hydrogen-bond acceptors (Lipinski definition) is 5. The zero-order chi connectivity index (χ0) is 19.3. The van der Waals surface area contributed by atoms with Crippen LogP contribution >= 0.6 is 0 Å². The van der Waals surface area contributed by atoms with Crippen molar-refractivity contribution in [2.75, 3.05) is 39.3 Å². The highest BCUT2D eigenvalue weighted by Crippen LogP contribution is 2.24. The molecule has 1 aliphatic carbocycles. The van der Waals surface area contributed by atoms with E-state index in [1.165, 1.54) is 37.8 Å². The molecule has 150 valence electrons. The summed E-state index contributed by atoms with van der Waals surface area (Å²) in [5.41, 5.74) is 0.966. The summed E-state index contributed by atoms with van der Waals surface area (Å²) in [6.45, 7) is 5.03. The number of carbonyl (C=O) groups is 1. The average Bonchev–Trinajstić information content (AvgIpc) is 3.17. The Morgan fingerprint density at radius 1 is 1.07 bits per heavy atom. The highest BCUT2D eigenvalue weighted by Gasteiger charge is 2.26.